The number of carbonyl (C=O) groups is 3. The zero-order valence-corrected chi connectivity index (χ0v) is 21.3. The monoisotopic (exact) mass is 499 g/mol. The molecule has 1 aromatic rings. The number of carbonyl (C=O) groups excluding carboxylic acids is 3. The molecule has 4 fully saturated rings. The summed E-state index contributed by atoms with van der Waals surface area (Å²) in [5.41, 5.74) is 1.02. The number of nitrogens with one attached hydrogen (secondary N) is 2. The number of rotatable bonds is 8. The molecule has 35 heavy (non-hydrogen) atoms. The molecule has 3 unspecified atom stereocenters. The van der Waals surface area contributed by atoms with Crippen molar-refractivity contribution in [2.45, 2.75) is 80.5 Å². The molecule has 7 nitrogen and oxygen atoms in total. The van der Waals surface area contributed by atoms with Crippen LogP contribution in [0.2, 0.25) is 0 Å². The fourth-order valence-corrected chi connectivity index (χ4v) is 9.45. The maximum Gasteiger partial charge on any atom is 0.244 e. The molecule has 1 spiro atoms. The van der Waals surface area contributed by atoms with Crippen molar-refractivity contribution in [1.29, 1.82) is 0 Å². The van der Waals surface area contributed by atoms with Gasteiger partial charge in [0.05, 0.1) is 16.6 Å². The van der Waals surface area contributed by atoms with Crippen LogP contribution >= 0.6 is 11.8 Å². The molecule has 3 N–H and O–H groups in total. The molecule has 4 aliphatic rings. The highest BCUT2D eigenvalue weighted by Gasteiger charge is 2.75. The third-order valence-electron chi connectivity index (χ3n) is 8.61. The van der Waals surface area contributed by atoms with Gasteiger partial charge in [-0.25, -0.2) is 0 Å². The number of hydrogen-bond acceptors (Lipinski definition) is 5. The molecule has 5 rings (SSSR count). The Labute approximate surface area is 211 Å². The molecule has 3 heterocycles. The summed E-state index contributed by atoms with van der Waals surface area (Å²) in [5, 5.41) is 15.9. The first-order valence-electron chi connectivity index (χ1n) is 13.2. The molecular formula is C27H37N3O4S. The fourth-order valence-electron chi connectivity index (χ4n) is 7.03. The predicted octanol–water partition coefficient (Wildman–Crippen LogP) is 2.47. The Morgan fingerprint density at radius 3 is 2.60 bits per heavy atom. The normalized spacial score (nSPS) is 34.2. The summed E-state index contributed by atoms with van der Waals surface area (Å²) in [6, 6.07) is 9.35. The van der Waals surface area contributed by atoms with E-state index in [0.717, 1.165) is 37.7 Å². The van der Waals surface area contributed by atoms with Crippen molar-refractivity contribution in [2.24, 2.45) is 17.8 Å². The smallest absolute Gasteiger partial charge is 0.244 e. The highest BCUT2D eigenvalue weighted by molar-refractivity contribution is 8.02. The van der Waals surface area contributed by atoms with Gasteiger partial charge in [-0.1, -0.05) is 56.5 Å². The van der Waals surface area contributed by atoms with Crippen molar-refractivity contribution in [1.82, 2.24) is 15.5 Å². The van der Waals surface area contributed by atoms with Crippen molar-refractivity contribution in [3.05, 3.63) is 35.9 Å². The molecular weight excluding hydrogens is 462 g/mol. The molecule has 8 heteroatoms. The molecule has 1 saturated carbocycles. The Hall–Kier alpha value is -2.06. The first kappa shape index (κ1) is 24.6. The second-order valence-corrected chi connectivity index (χ2v) is 12.3. The van der Waals surface area contributed by atoms with Gasteiger partial charge in [0.2, 0.25) is 17.7 Å². The predicted molar refractivity (Wildman–Crippen MR) is 135 cm³/mol. The van der Waals surface area contributed by atoms with Gasteiger partial charge in [0.1, 0.15) is 6.04 Å². The molecule has 1 aliphatic carbocycles. The van der Waals surface area contributed by atoms with Crippen LogP contribution in [0.3, 0.4) is 0 Å². The highest BCUT2D eigenvalue weighted by Crippen LogP contribution is 2.68. The minimum atomic E-state index is -0.593. The molecule has 2 bridgehead atoms. The van der Waals surface area contributed by atoms with Crippen LogP contribution < -0.4 is 10.6 Å². The quantitative estimate of drug-likeness (QED) is 0.510. The lowest BCUT2D eigenvalue weighted by Gasteiger charge is -2.39. The number of benzene rings is 1. The van der Waals surface area contributed by atoms with Gasteiger partial charge >= 0.3 is 0 Å². The maximum atomic E-state index is 13.9. The van der Waals surface area contributed by atoms with Gasteiger partial charge in [-0.05, 0) is 37.2 Å². The molecule has 0 aromatic heterocycles. The number of aliphatic hydroxyl groups is 1. The van der Waals surface area contributed by atoms with E-state index in [9.17, 15) is 19.5 Å². The van der Waals surface area contributed by atoms with Crippen molar-refractivity contribution < 1.29 is 19.5 Å². The third-order valence-corrected chi connectivity index (χ3v) is 10.7. The summed E-state index contributed by atoms with van der Waals surface area (Å²) in [5.74, 6) is -1.03. The van der Waals surface area contributed by atoms with Crippen LogP contribution in [-0.2, 0) is 20.9 Å². The van der Waals surface area contributed by atoms with E-state index >= 15 is 0 Å². The minimum absolute atomic E-state index is 0.0370. The van der Waals surface area contributed by atoms with Crippen LogP contribution in [0.4, 0.5) is 0 Å². The average Bonchev–Trinajstić information content (AvgIpc) is 3.46. The van der Waals surface area contributed by atoms with E-state index < -0.39 is 22.6 Å². The van der Waals surface area contributed by atoms with E-state index in [4.69, 9.17) is 0 Å². The van der Waals surface area contributed by atoms with E-state index in [2.05, 4.69) is 17.6 Å². The number of likely N-dealkylation sites (tertiary alicyclic amines) is 1. The average molecular weight is 500 g/mol. The Morgan fingerprint density at radius 2 is 1.89 bits per heavy atom. The lowest BCUT2D eigenvalue weighted by Crippen LogP contribution is -2.58. The second kappa shape index (κ2) is 10.1. The SMILES string of the molecule is CC1C[C@H]2SC13C(C(=O)NC1CCCCC1)N(CCCO)C(=O)[C@@H]3[C@H]2C(=O)NCc1ccccc1. The summed E-state index contributed by atoms with van der Waals surface area (Å²) in [7, 11) is 0. The van der Waals surface area contributed by atoms with Crippen LogP contribution in [0.25, 0.3) is 0 Å². The minimum Gasteiger partial charge on any atom is -0.396 e. The van der Waals surface area contributed by atoms with Crippen molar-refractivity contribution >= 4 is 29.5 Å². The van der Waals surface area contributed by atoms with Crippen molar-refractivity contribution in [2.75, 3.05) is 13.2 Å². The van der Waals surface area contributed by atoms with Crippen LogP contribution in [-0.4, -0.2) is 63.0 Å². The number of amides is 3. The zero-order chi connectivity index (χ0) is 24.6. The largest absolute Gasteiger partial charge is 0.396 e. The van der Waals surface area contributed by atoms with Gasteiger partial charge in [-0.3, -0.25) is 14.4 Å². The van der Waals surface area contributed by atoms with Crippen LogP contribution in [0.15, 0.2) is 30.3 Å². The van der Waals surface area contributed by atoms with Gasteiger partial charge in [0.15, 0.2) is 0 Å². The Morgan fingerprint density at radius 1 is 1.14 bits per heavy atom. The third kappa shape index (κ3) is 4.26. The van der Waals surface area contributed by atoms with Crippen LogP contribution in [0.1, 0.15) is 57.4 Å². The van der Waals surface area contributed by atoms with Crippen LogP contribution in [0.5, 0.6) is 0 Å². The number of fused-ring (bicyclic) bond motifs is 1. The van der Waals surface area contributed by atoms with E-state index in [1.165, 1.54) is 6.42 Å². The topological polar surface area (TPSA) is 98.7 Å². The van der Waals surface area contributed by atoms with Crippen molar-refractivity contribution in [3.63, 3.8) is 0 Å². The Bertz CT molecular complexity index is 953. The Balaban J connectivity index is 1.41. The number of thioether (sulfide) groups is 1. The highest BCUT2D eigenvalue weighted by atomic mass is 32.2. The first-order valence-corrected chi connectivity index (χ1v) is 14.1. The number of nitrogens with zero attached hydrogens (tertiary/aromatic N) is 1. The summed E-state index contributed by atoms with van der Waals surface area (Å²) >= 11 is 1.71. The van der Waals surface area contributed by atoms with Gasteiger partial charge in [-0.15, -0.1) is 11.8 Å². The van der Waals surface area contributed by atoms with Crippen LogP contribution in [0, 0.1) is 17.8 Å². The first-order chi connectivity index (χ1) is 17.0. The number of aliphatic hydroxyl groups excluding tert-OH is 1. The van der Waals surface area contributed by atoms with E-state index in [-0.39, 0.29) is 41.5 Å². The summed E-state index contributed by atoms with van der Waals surface area (Å²) < 4.78 is -0.593. The standard InChI is InChI=1S/C27H37N3O4S/c1-17-15-20-21(24(32)28-16-18-9-4-2-5-10-18)22-26(34)30(13-8-14-31)23(27(17,22)35-20)25(33)29-19-11-6-3-7-12-19/h2,4-5,9-10,17,19-23,31H,3,6-8,11-16H2,1H3,(H,28,32)(H,29,33)/t17?,20-,21+,22+,23?,27?/m1/s1. The molecule has 3 amide bonds. The zero-order valence-electron chi connectivity index (χ0n) is 20.4. The van der Waals surface area contributed by atoms with E-state index in [0.29, 0.717) is 19.5 Å². The molecule has 3 saturated heterocycles. The van der Waals surface area contributed by atoms with E-state index in [1.54, 1.807) is 16.7 Å². The lowest BCUT2D eigenvalue weighted by molar-refractivity contribution is -0.140. The fraction of sp³-hybridized carbons (Fsp3) is 0.667. The summed E-state index contributed by atoms with van der Waals surface area (Å²) in [4.78, 5) is 42.9. The molecule has 1 aromatic carbocycles. The van der Waals surface area contributed by atoms with E-state index in [1.807, 2.05) is 30.3 Å². The molecule has 3 aliphatic heterocycles. The second-order valence-electron chi connectivity index (χ2n) is 10.7. The lowest BCUT2D eigenvalue weighted by atomic mass is 9.65. The molecule has 0 radical (unpaired) electrons. The summed E-state index contributed by atoms with van der Waals surface area (Å²) in [6.45, 7) is 2.87. The molecule has 190 valence electrons. The van der Waals surface area contributed by atoms with Gasteiger partial charge in [0.25, 0.3) is 0 Å². The van der Waals surface area contributed by atoms with Gasteiger partial charge in [-0.2, -0.15) is 0 Å². The van der Waals surface area contributed by atoms with Gasteiger partial charge in [0, 0.05) is 31.0 Å². The Kier molecular flexibility index (Phi) is 7.13. The number of hydrogen-bond donors (Lipinski definition) is 3. The van der Waals surface area contributed by atoms with Crippen molar-refractivity contribution in [3.8, 4) is 0 Å². The summed E-state index contributed by atoms with van der Waals surface area (Å²) in [6.07, 6.45) is 6.66. The maximum absolute atomic E-state index is 13.9. The van der Waals surface area contributed by atoms with Gasteiger partial charge < -0.3 is 20.6 Å². The molecule has 6 atom stereocenters.